The molecule has 9 nitrogen and oxygen atoms in total. The summed E-state index contributed by atoms with van der Waals surface area (Å²) in [6.45, 7) is 0.696. The Morgan fingerprint density at radius 3 is 2.64 bits per heavy atom. The minimum Gasteiger partial charge on any atom is -0.493 e. The van der Waals surface area contributed by atoms with Crippen molar-refractivity contribution in [2.24, 2.45) is 5.92 Å². The molecule has 0 radical (unpaired) electrons. The third-order valence-corrected chi connectivity index (χ3v) is 5.49. The number of aromatic nitrogens is 2. The monoisotopic (exact) mass is 451 g/mol. The highest BCUT2D eigenvalue weighted by Crippen LogP contribution is 2.28. The molecule has 172 valence electrons. The van der Waals surface area contributed by atoms with Crippen molar-refractivity contribution in [3.05, 3.63) is 60.0 Å². The quantitative estimate of drug-likeness (QED) is 0.458. The van der Waals surface area contributed by atoms with E-state index in [2.05, 4.69) is 10.2 Å². The lowest BCUT2D eigenvalue weighted by Gasteiger charge is -2.17. The number of hydrogen-bond acceptors (Lipinski definition) is 8. The molecule has 1 aliphatic rings. The molecule has 1 atom stereocenters. The summed E-state index contributed by atoms with van der Waals surface area (Å²) in [6, 6.07) is 15.0. The number of ether oxygens (including phenoxy) is 3. The molecule has 3 aromatic rings. The summed E-state index contributed by atoms with van der Waals surface area (Å²) in [6.07, 6.45) is 0.766. The van der Waals surface area contributed by atoms with Crippen LogP contribution in [0.1, 0.15) is 17.9 Å². The van der Waals surface area contributed by atoms with Crippen LogP contribution >= 0.6 is 0 Å². The Labute approximate surface area is 191 Å². The summed E-state index contributed by atoms with van der Waals surface area (Å²) in [4.78, 5) is 26.6. The molecule has 1 saturated heterocycles. The summed E-state index contributed by atoms with van der Waals surface area (Å²) < 4.78 is 21.5. The molecule has 2 heterocycles. The second kappa shape index (κ2) is 10.2. The highest BCUT2D eigenvalue weighted by atomic mass is 16.5. The maximum atomic E-state index is 12.5. The molecule has 1 amide bonds. The molecule has 9 heteroatoms. The van der Waals surface area contributed by atoms with Gasteiger partial charge in [-0.2, -0.15) is 0 Å². The number of nitrogens with zero attached hydrogens (tertiary/aromatic N) is 3. The largest absolute Gasteiger partial charge is 0.493 e. The molecule has 0 N–H and O–H groups in total. The van der Waals surface area contributed by atoms with Crippen LogP contribution in [0.3, 0.4) is 0 Å². The van der Waals surface area contributed by atoms with E-state index in [1.165, 1.54) is 0 Å². The van der Waals surface area contributed by atoms with Crippen molar-refractivity contribution in [3.8, 4) is 23.0 Å². The normalized spacial score (nSPS) is 15.5. The molecular weight excluding hydrogens is 426 g/mol. The van der Waals surface area contributed by atoms with Crippen molar-refractivity contribution >= 4 is 11.9 Å². The number of methoxy groups -OCH3 is 2. The number of rotatable bonds is 9. The zero-order valence-electron chi connectivity index (χ0n) is 18.5. The average molecular weight is 451 g/mol. The van der Waals surface area contributed by atoms with Gasteiger partial charge < -0.3 is 23.5 Å². The van der Waals surface area contributed by atoms with Gasteiger partial charge in [0.05, 0.1) is 20.1 Å². The zero-order chi connectivity index (χ0) is 23.2. The maximum absolute atomic E-state index is 12.5. The van der Waals surface area contributed by atoms with Crippen LogP contribution in [0.15, 0.2) is 52.9 Å². The minimum atomic E-state index is -0.514. The van der Waals surface area contributed by atoms with Crippen molar-refractivity contribution in [1.29, 1.82) is 0 Å². The van der Waals surface area contributed by atoms with Crippen molar-refractivity contribution in [2.75, 3.05) is 27.3 Å². The first kappa shape index (κ1) is 22.3. The van der Waals surface area contributed by atoms with Gasteiger partial charge in [-0.15, -0.1) is 10.2 Å². The second-order valence-electron chi connectivity index (χ2n) is 7.65. The molecule has 33 heavy (non-hydrogen) atoms. The summed E-state index contributed by atoms with van der Waals surface area (Å²) >= 11 is 0. The number of esters is 1. The lowest BCUT2D eigenvalue weighted by atomic mass is 10.1. The van der Waals surface area contributed by atoms with E-state index >= 15 is 0 Å². The van der Waals surface area contributed by atoms with Gasteiger partial charge in [0.25, 0.3) is 5.89 Å². The number of amides is 1. The van der Waals surface area contributed by atoms with Gasteiger partial charge in [-0.05, 0) is 36.2 Å². The van der Waals surface area contributed by atoms with Crippen LogP contribution in [-0.4, -0.2) is 54.3 Å². The molecule has 0 unspecified atom stereocenters. The standard InChI is InChI=1S/C24H25N3O6/c1-30-19-9-8-16(12-20(19)31-2)10-11-27-14-18(13-22(27)28)24(29)32-15-21-25-26-23(33-21)17-6-4-3-5-7-17/h3-9,12,18H,10-11,13-15H2,1-2H3/t18-/m0/s1. The van der Waals surface area contributed by atoms with Crippen LogP contribution in [0, 0.1) is 5.92 Å². The predicted molar refractivity (Wildman–Crippen MR) is 117 cm³/mol. The Balaban J connectivity index is 1.27. The van der Waals surface area contributed by atoms with Crippen molar-refractivity contribution in [3.63, 3.8) is 0 Å². The molecule has 2 aromatic carbocycles. The second-order valence-corrected chi connectivity index (χ2v) is 7.65. The SMILES string of the molecule is COc1ccc(CCN2C[C@@H](C(=O)OCc3nnc(-c4ccccc4)o3)CC2=O)cc1OC. The third kappa shape index (κ3) is 5.31. The third-order valence-electron chi connectivity index (χ3n) is 5.49. The van der Waals surface area contributed by atoms with Crippen LogP contribution in [0.4, 0.5) is 0 Å². The van der Waals surface area contributed by atoms with Gasteiger partial charge in [0, 0.05) is 25.1 Å². The number of carbonyl (C=O) groups is 2. The summed E-state index contributed by atoms with van der Waals surface area (Å²) in [7, 11) is 3.17. The first-order valence-corrected chi connectivity index (χ1v) is 10.6. The minimum absolute atomic E-state index is 0.0680. The highest BCUT2D eigenvalue weighted by molar-refractivity contribution is 5.86. The van der Waals surface area contributed by atoms with E-state index in [0.29, 0.717) is 36.9 Å². The molecule has 0 spiro atoms. The van der Waals surface area contributed by atoms with Crippen molar-refractivity contribution in [1.82, 2.24) is 15.1 Å². The Hall–Kier alpha value is -3.88. The molecular formula is C24H25N3O6. The smallest absolute Gasteiger partial charge is 0.311 e. The number of hydrogen-bond donors (Lipinski definition) is 0. The van der Waals surface area contributed by atoms with E-state index in [1.54, 1.807) is 19.1 Å². The molecule has 1 aromatic heterocycles. The number of benzene rings is 2. The Morgan fingerprint density at radius 1 is 1.09 bits per heavy atom. The van der Waals surface area contributed by atoms with E-state index in [4.69, 9.17) is 18.6 Å². The average Bonchev–Trinajstić information content (AvgIpc) is 3.48. The van der Waals surface area contributed by atoms with Crippen LogP contribution in [0.25, 0.3) is 11.5 Å². The first-order valence-electron chi connectivity index (χ1n) is 10.6. The summed E-state index contributed by atoms with van der Waals surface area (Å²) in [5.74, 6) is 0.826. The van der Waals surface area contributed by atoms with E-state index in [9.17, 15) is 9.59 Å². The van der Waals surface area contributed by atoms with E-state index in [-0.39, 0.29) is 24.8 Å². The van der Waals surface area contributed by atoms with E-state index < -0.39 is 11.9 Å². The lowest BCUT2D eigenvalue weighted by molar-refractivity contribution is -0.150. The Morgan fingerprint density at radius 2 is 1.88 bits per heavy atom. The fraction of sp³-hybridized carbons (Fsp3) is 0.333. The van der Waals surface area contributed by atoms with Crippen LogP contribution < -0.4 is 9.47 Å². The van der Waals surface area contributed by atoms with Gasteiger partial charge >= 0.3 is 5.97 Å². The van der Waals surface area contributed by atoms with Crippen LogP contribution in [-0.2, 0) is 27.4 Å². The fourth-order valence-electron chi connectivity index (χ4n) is 3.71. The molecule has 1 fully saturated rings. The van der Waals surface area contributed by atoms with Crippen LogP contribution in [0.2, 0.25) is 0 Å². The molecule has 1 aliphatic heterocycles. The summed E-state index contributed by atoms with van der Waals surface area (Å²) in [5, 5.41) is 7.90. The molecule has 0 aliphatic carbocycles. The van der Waals surface area contributed by atoms with Gasteiger partial charge in [-0.1, -0.05) is 24.3 Å². The van der Waals surface area contributed by atoms with Gasteiger partial charge in [-0.3, -0.25) is 9.59 Å². The predicted octanol–water partition coefficient (Wildman–Crippen LogP) is 2.89. The topological polar surface area (TPSA) is 104 Å². The van der Waals surface area contributed by atoms with Crippen molar-refractivity contribution in [2.45, 2.75) is 19.4 Å². The first-order chi connectivity index (χ1) is 16.1. The number of carbonyl (C=O) groups excluding carboxylic acids is 2. The Bertz CT molecular complexity index is 1110. The highest BCUT2D eigenvalue weighted by Gasteiger charge is 2.35. The van der Waals surface area contributed by atoms with Gasteiger partial charge in [-0.25, -0.2) is 0 Å². The zero-order valence-corrected chi connectivity index (χ0v) is 18.5. The fourth-order valence-corrected chi connectivity index (χ4v) is 3.71. The van der Waals surface area contributed by atoms with E-state index in [0.717, 1.165) is 11.1 Å². The maximum Gasteiger partial charge on any atom is 0.311 e. The summed E-state index contributed by atoms with van der Waals surface area (Å²) in [5.41, 5.74) is 1.80. The van der Waals surface area contributed by atoms with E-state index in [1.807, 2.05) is 48.5 Å². The van der Waals surface area contributed by atoms with Gasteiger partial charge in [0.2, 0.25) is 11.8 Å². The molecule has 0 bridgehead atoms. The number of likely N-dealkylation sites (tertiary alicyclic amines) is 1. The van der Waals surface area contributed by atoms with Crippen LogP contribution in [0.5, 0.6) is 11.5 Å². The molecule has 4 rings (SSSR count). The lowest BCUT2D eigenvalue weighted by Crippen LogP contribution is -2.28. The Kier molecular flexibility index (Phi) is 6.87. The molecule has 0 saturated carbocycles. The van der Waals surface area contributed by atoms with Gasteiger partial charge in [0.15, 0.2) is 18.1 Å². The van der Waals surface area contributed by atoms with Gasteiger partial charge in [0.1, 0.15) is 0 Å². The van der Waals surface area contributed by atoms with Crippen molar-refractivity contribution < 1.29 is 28.2 Å².